The van der Waals surface area contributed by atoms with E-state index in [-0.39, 0.29) is 18.4 Å². The molecule has 6 nitrogen and oxygen atoms in total. The number of carbonyl (C=O) groups excluding carboxylic acids is 2. The van der Waals surface area contributed by atoms with Crippen LogP contribution in [0.3, 0.4) is 0 Å². The summed E-state index contributed by atoms with van der Waals surface area (Å²) in [6, 6.07) is 5.52. The van der Waals surface area contributed by atoms with Gasteiger partial charge < -0.3 is 15.2 Å². The van der Waals surface area contributed by atoms with Crippen molar-refractivity contribution < 1.29 is 14.1 Å². The summed E-state index contributed by atoms with van der Waals surface area (Å²) in [6.07, 6.45) is 0. The number of halogens is 1. The molecule has 0 aliphatic heterocycles. The number of carbonyl (C=O) groups is 2. The van der Waals surface area contributed by atoms with E-state index in [1.165, 1.54) is 0 Å². The Morgan fingerprint density at radius 2 is 2.00 bits per heavy atom. The molecule has 1 aromatic carbocycles. The molecule has 7 heteroatoms. The van der Waals surface area contributed by atoms with Crippen LogP contribution in [0.1, 0.15) is 35.4 Å². The Kier molecular flexibility index (Phi) is 5.77. The van der Waals surface area contributed by atoms with Crippen molar-refractivity contribution in [2.75, 3.05) is 11.9 Å². The first-order valence-electron chi connectivity index (χ1n) is 7.56. The first-order valence-corrected chi connectivity index (χ1v) is 8.35. The number of amides is 2. The van der Waals surface area contributed by atoms with Gasteiger partial charge >= 0.3 is 0 Å². The fourth-order valence-corrected chi connectivity index (χ4v) is 2.73. The van der Waals surface area contributed by atoms with Gasteiger partial charge in [-0.3, -0.25) is 9.59 Å². The van der Waals surface area contributed by atoms with E-state index in [1.54, 1.807) is 26.8 Å². The van der Waals surface area contributed by atoms with Crippen molar-refractivity contribution in [1.29, 1.82) is 0 Å². The minimum absolute atomic E-state index is 0.0956. The van der Waals surface area contributed by atoms with Gasteiger partial charge in [-0.2, -0.15) is 0 Å². The van der Waals surface area contributed by atoms with Gasteiger partial charge in [0.15, 0.2) is 0 Å². The summed E-state index contributed by atoms with van der Waals surface area (Å²) in [7, 11) is 0. The number of nitrogens with one attached hydrogen (secondary N) is 2. The molecule has 0 spiro atoms. The van der Waals surface area contributed by atoms with E-state index in [0.29, 0.717) is 17.1 Å². The van der Waals surface area contributed by atoms with E-state index in [2.05, 4.69) is 31.7 Å². The fourth-order valence-electron chi connectivity index (χ4n) is 2.49. The summed E-state index contributed by atoms with van der Waals surface area (Å²) in [5.41, 5.74) is 3.15. The van der Waals surface area contributed by atoms with Gasteiger partial charge in [0.05, 0.1) is 18.2 Å². The Morgan fingerprint density at radius 3 is 2.58 bits per heavy atom. The fraction of sp³-hybridized carbons (Fsp3) is 0.353. The number of aryl methyl sites for hydroxylation is 3. The molecule has 2 amide bonds. The highest BCUT2D eigenvalue weighted by atomic mass is 79.9. The van der Waals surface area contributed by atoms with Crippen molar-refractivity contribution in [3.8, 4) is 0 Å². The zero-order valence-corrected chi connectivity index (χ0v) is 15.7. The van der Waals surface area contributed by atoms with E-state index in [4.69, 9.17) is 4.52 Å². The Morgan fingerprint density at radius 1 is 1.29 bits per heavy atom. The average molecular weight is 394 g/mol. The molecule has 0 radical (unpaired) electrons. The molecule has 2 aromatic rings. The standard InChI is InChI=1S/C17H20BrN3O3/c1-9-7-13(5-6-14(9)18)20-15(22)8-19-17(23)10(2)16-11(3)21-24-12(16)4/h5-7,10H,8H2,1-4H3,(H,19,23)(H,20,22). The number of hydrogen-bond acceptors (Lipinski definition) is 4. The number of benzene rings is 1. The average Bonchev–Trinajstić information content (AvgIpc) is 2.86. The van der Waals surface area contributed by atoms with Gasteiger partial charge in [-0.15, -0.1) is 0 Å². The smallest absolute Gasteiger partial charge is 0.243 e. The predicted octanol–water partition coefficient (Wildman–Crippen LogP) is 3.22. The van der Waals surface area contributed by atoms with E-state index in [0.717, 1.165) is 15.6 Å². The Bertz CT molecular complexity index is 751. The van der Waals surface area contributed by atoms with Crippen LogP contribution in [0.2, 0.25) is 0 Å². The van der Waals surface area contributed by atoms with Crippen LogP contribution in [0, 0.1) is 20.8 Å². The van der Waals surface area contributed by atoms with Crippen molar-refractivity contribution in [3.05, 3.63) is 45.3 Å². The van der Waals surface area contributed by atoms with Gasteiger partial charge in [0.1, 0.15) is 5.76 Å². The van der Waals surface area contributed by atoms with Crippen molar-refractivity contribution in [1.82, 2.24) is 10.5 Å². The highest BCUT2D eigenvalue weighted by molar-refractivity contribution is 9.10. The second-order valence-corrected chi connectivity index (χ2v) is 6.54. The summed E-state index contributed by atoms with van der Waals surface area (Å²) >= 11 is 3.41. The molecule has 0 saturated heterocycles. The van der Waals surface area contributed by atoms with Crippen LogP contribution in [-0.2, 0) is 9.59 Å². The van der Waals surface area contributed by atoms with Crippen molar-refractivity contribution in [3.63, 3.8) is 0 Å². The molecule has 24 heavy (non-hydrogen) atoms. The molecular weight excluding hydrogens is 374 g/mol. The normalized spacial score (nSPS) is 11.9. The van der Waals surface area contributed by atoms with E-state index < -0.39 is 5.92 Å². The van der Waals surface area contributed by atoms with Gasteiger partial charge in [0, 0.05) is 15.7 Å². The number of hydrogen-bond donors (Lipinski definition) is 2. The molecule has 0 fully saturated rings. The lowest BCUT2D eigenvalue weighted by Crippen LogP contribution is -2.35. The third-order valence-corrected chi connectivity index (χ3v) is 4.67. The van der Waals surface area contributed by atoms with Crippen LogP contribution in [0.4, 0.5) is 5.69 Å². The molecule has 1 atom stereocenters. The van der Waals surface area contributed by atoms with Gasteiger partial charge in [0.25, 0.3) is 0 Å². The molecule has 0 bridgehead atoms. The van der Waals surface area contributed by atoms with E-state index >= 15 is 0 Å². The minimum atomic E-state index is -0.432. The van der Waals surface area contributed by atoms with Crippen LogP contribution in [-0.4, -0.2) is 23.5 Å². The molecule has 1 heterocycles. The minimum Gasteiger partial charge on any atom is -0.361 e. The molecule has 128 valence electrons. The van der Waals surface area contributed by atoms with Crippen LogP contribution < -0.4 is 10.6 Å². The van der Waals surface area contributed by atoms with Crippen molar-refractivity contribution >= 4 is 33.4 Å². The molecule has 0 aliphatic rings. The lowest BCUT2D eigenvalue weighted by molar-refractivity contribution is -0.125. The summed E-state index contributed by atoms with van der Waals surface area (Å²) < 4.78 is 6.05. The highest BCUT2D eigenvalue weighted by Crippen LogP contribution is 2.23. The maximum Gasteiger partial charge on any atom is 0.243 e. The maximum atomic E-state index is 12.2. The predicted molar refractivity (Wildman–Crippen MR) is 94.9 cm³/mol. The number of rotatable bonds is 5. The Hall–Kier alpha value is -2.15. The molecule has 1 aromatic heterocycles. The van der Waals surface area contributed by atoms with Gasteiger partial charge in [-0.25, -0.2) is 0 Å². The van der Waals surface area contributed by atoms with Crippen LogP contribution in [0.15, 0.2) is 27.2 Å². The lowest BCUT2D eigenvalue weighted by Gasteiger charge is -2.12. The van der Waals surface area contributed by atoms with Crippen LogP contribution in [0.25, 0.3) is 0 Å². The number of anilines is 1. The molecule has 1 unspecified atom stereocenters. The zero-order chi connectivity index (χ0) is 17.9. The topological polar surface area (TPSA) is 84.2 Å². The van der Waals surface area contributed by atoms with Crippen LogP contribution >= 0.6 is 15.9 Å². The number of nitrogens with zero attached hydrogens (tertiary/aromatic N) is 1. The second-order valence-electron chi connectivity index (χ2n) is 5.69. The van der Waals surface area contributed by atoms with Crippen molar-refractivity contribution in [2.45, 2.75) is 33.6 Å². The second kappa shape index (κ2) is 7.61. The number of aromatic nitrogens is 1. The van der Waals surface area contributed by atoms with E-state index in [1.807, 2.05) is 19.1 Å². The summed E-state index contributed by atoms with van der Waals surface area (Å²) in [5.74, 6) is -0.341. The molecule has 2 N–H and O–H groups in total. The van der Waals surface area contributed by atoms with Crippen LogP contribution in [0.5, 0.6) is 0 Å². The monoisotopic (exact) mass is 393 g/mol. The molecule has 2 rings (SSSR count). The highest BCUT2D eigenvalue weighted by Gasteiger charge is 2.23. The zero-order valence-electron chi connectivity index (χ0n) is 14.1. The summed E-state index contributed by atoms with van der Waals surface area (Å²) in [6.45, 7) is 7.16. The first-order chi connectivity index (χ1) is 11.3. The SMILES string of the molecule is Cc1cc(NC(=O)CNC(=O)C(C)c2c(C)noc2C)ccc1Br. The van der Waals surface area contributed by atoms with E-state index in [9.17, 15) is 9.59 Å². The lowest BCUT2D eigenvalue weighted by atomic mass is 9.99. The maximum absolute atomic E-state index is 12.2. The molecule has 0 saturated carbocycles. The largest absolute Gasteiger partial charge is 0.361 e. The van der Waals surface area contributed by atoms with Gasteiger partial charge in [0.2, 0.25) is 11.8 Å². The molecule has 0 aliphatic carbocycles. The Labute approximate surface area is 149 Å². The van der Waals surface area contributed by atoms with Crippen molar-refractivity contribution in [2.24, 2.45) is 0 Å². The summed E-state index contributed by atoms with van der Waals surface area (Å²) in [5, 5.41) is 9.25. The Balaban J connectivity index is 1.91. The third-order valence-electron chi connectivity index (χ3n) is 3.78. The summed E-state index contributed by atoms with van der Waals surface area (Å²) in [4.78, 5) is 24.2. The molecular formula is C17H20BrN3O3. The first kappa shape index (κ1) is 18.2. The quantitative estimate of drug-likeness (QED) is 0.816. The third kappa shape index (κ3) is 4.23. The van der Waals surface area contributed by atoms with Gasteiger partial charge in [-0.05, 0) is 51.5 Å². The van der Waals surface area contributed by atoms with Gasteiger partial charge in [-0.1, -0.05) is 21.1 Å².